The Morgan fingerprint density at radius 2 is 2.00 bits per heavy atom. The summed E-state index contributed by atoms with van der Waals surface area (Å²) < 4.78 is 5.94. The Kier molecular flexibility index (Phi) is 6.21. The van der Waals surface area contributed by atoms with Crippen molar-refractivity contribution >= 4 is 5.97 Å². The van der Waals surface area contributed by atoms with Crippen LogP contribution in [-0.2, 0) is 11.3 Å². The van der Waals surface area contributed by atoms with Gasteiger partial charge in [0, 0.05) is 13.1 Å². The number of hydrogen-bond acceptors (Lipinski definition) is 3. The number of rotatable bonds is 7. The van der Waals surface area contributed by atoms with Crippen LogP contribution in [0, 0.1) is 5.92 Å². The Hall–Kier alpha value is -1.39. The smallest absolute Gasteiger partial charge is 0.335 e. The van der Waals surface area contributed by atoms with Gasteiger partial charge in [-0.05, 0) is 36.5 Å². The fourth-order valence-corrected chi connectivity index (χ4v) is 2.81. The summed E-state index contributed by atoms with van der Waals surface area (Å²) >= 11 is 0. The predicted molar refractivity (Wildman–Crippen MR) is 82.5 cm³/mol. The van der Waals surface area contributed by atoms with Gasteiger partial charge in [0.15, 0.2) is 0 Å². The number of aromatic carboxylic acids is 1. The van der Waals surface area contributed by atoms with Crippen molar-refractivity contribution in [2.45, 2.75) is 45.3 Å². The summed E-state index contributed by atoms with van der Waals surface area (Å²) in [6.07, 6.45) is 5.53. The molecule has 4 nitrogen and oxygen atoms in total. The molecular weight excluding hydrogens is 266 g/mol. The molecule has 2 atom stereocenters. The first-order valence-corrected chi connectivity index (χ1v) is 7.81. The van der Waals surface area contributed by atoms with Crippen molar-refractivity contribution < 1.29 is 14.6 Å². The molecule has 1 aromatic rings. The van der Waals surface area contributed by atoms with Gasteiger partial charge in [-0.2, -0.15) is 0 Å². The van der Waals surface area contributed by atoms with Gasteiger partial charge in [-0.15, -0.1) is 0 Å². The number of carboxylic acids is 1. The quantitative estimate of drug-likeness (QED) is 0.758. The molecule has 0 aromatic heterocycles. The monoisotopic (exact) mass is 291 g/mol. The lowest BCUT2D eigenvalue weighted by molar-refractivity contribution is -0.00322. The average molecular weight is 291 g/mol. The standard InChI is InChI=1S/C17H25NO3/c1-13-4-2-3-5-16(13)21-11-10-18-12-14-6-8-15(9-7-14)17(19)20/h6-9,13,16,18H,2-5,10-12H2,1H3,(H,19,20). The number of ether oxygens (including phenoxy) is 1. The lowest BCUT2D eigenvalue weighted by atomic mass is 9.88. The highest BCUT2D eigenvalue weighted by Gasteiger charge is 2.21. The predicted octanol–water partition coefficient (Wildman–Crippen LogP) is 3.07. The number of carbonyl (C=O) groups is 1. The maximum absolute atomic E-state index is 10.8. The molecular formula is C17H25NO3. The zero-order valence-corrected chi connectivity index (χ0v) is 12.7. The summed E-state index contributed by atoms with van der Waals surface area (Å²) in [5.74, 6) is -0.202. The molecule has 1 saturated carbocycles. The molecule has 0 amide bonds. The van der Waals surface area contributed by atoms with Gasteiger partial charge >= 0.3 is 5.97 Å². The second-order valence-electron chi connectivity index (χ2n) is 5.85. The van der Waals surface area contributed by atoms with Crippen LogP contribution in [0.2, 0.25) is 0 Å². The van der Waals surface area contributed by atoms with E-state index < -0.39 is 5.97 Å². The van der Waals surface area contributed by atoms with E-state index in [0.29, 0.717) is 17.6 Å². The molecule has 2 rings (SSSR count). The molecule has 0 radical (unpaired) electrons. The van der Waals surface area contributed by atoms with E-state index in [4.69, 9.17) is 9.84 Å². The third kappa shape index (κ3) is 5.14. The minimum atomic E-state index is -0.885. The second kappa shape index (κ2) is 8.15. The Morgan fingerprint density at radius 3 is 2.67 bits per heavy atom. The first-order valence-electron chi connectivity index (χ1n) is 7.81. The van der Waals surface area contributed by atoms with E-state index in [-0.39, 0.29) is 0 Å². The molecule has 1 fully saturated rings. The van der Waals surface area contributed by atoms with Gasteiger partial charge in [0.05, 0.1) is 18.3 Å². The Bertz CT molecular complexity index is 444. The molecule has 0 spiro atoms. The van der Waals surface area contributed by atoms with Crippen LogP contribution in [0.15, 0.2) is 24.3 Å². The molecule has 1 aliphatic rings. The lowest BCUT2D eigenvalue weighted by Crippen LogP contribution is -2.29. The maximum atomic E-state index is 10.8. The average Bonchev–Trinajstić information content (AvgIpc) is 2.49. The molecule has 0 aliphatic heterocycles. The van der Waals surface area contributed by atoms with Gasteiger partial charge in [0.1, 0.15) is 0 Å². The van der Waals surface area contributed by atoms with Gasteiger partial charge in [0.25, 0.3) is 0 Å². The highest BCUT2D eigenvalue weighted by Crippen LogP contribution is 2.25. The van der Waals surface area contributed by atoms with Crippen molar-refractivity contribution in [2.75, 3.05) is 13.2 Å². The molecule has 4 heteroatoms. The van der Waals surface area contributed by atoms with E-state index in [9.17, 15) is 4.79 Å². The third-order valence-corrected chi connectivity index (χ3v) is 4.17. The number of nitrogens with one attached hydrogen (secondary N) is 1. The Morgan fingerprint density at radius 1 is 1.29 bits per heavy atom. The fourth-order valence-electron chi connectivity index (χ4n) is 2.81. The van der Waals surface area contributed by atoms with Crippen molar-refractivity contribution in [1.82, 2.24) is 5.32 Å². The van der Waals surface area contributed by atoms with Gasteiger partial charge in [0.2, 0.25) is 0 Å². The Labute approximate surface area is 126 Å². The van der Waals surface area contributed by atoms with Crippen LogP contribution in [0.5, 0.6) is 0 Å². The van der Waals surface area contributed by atoms with Crippen LogP contribution >= 0.6 is 0 Å². The lowest BCUT2D eigenvalue weighted by Gasteiger charge is -2.28. The van der Waals surface area contributed by atoms with Crippen molar-refractivity contribution in [2.24, 2.45) is 5.92 Å². The molecule has 2 N–H and O–H groups in total. The minimum absolute atomic E-state index is 0.327. The third-order valence-electron chi connectivity index (χ3n) is 4.17. The summed E-state index contributed by atoms with van der Waals surface area (Å²) in [6.45, 7) is 4.58. The van der Waals surface area contributed by atoms with Crippen LogP contribution in [0.4, 0.5) is 0 Å². The summed E-state index contributed by atoms with van der Waals surface area (Å²) in [5, 5.41) is 12.2. The first kappa shape index (κ1) is 16.0. The highest BCUT2D eigenvalue weighted by atomic mass is 16.5. The van der Waals surface area contributed by atoms with Gasteiger partial charge < -0.3 is 15.2 Å². The summed E-state index contributed by atoms with van der Waals surface area (Å²) in [7, 11) is 0. The molecule has 1 aliphatic carbocycles. The van der Waals surface area contributed by atoms with Gasteiger partial charge in [-0.25, -0.2) is 4.79 Å². The zero-order valence-electron chi connectivity index (χ0n) is 12.7. The second-order valence-corrected chi connectivity index (χ2v) is 5.85. The normalized spacial score (nSPS) is 22.1. The summed E-state index contributed by atoms with van der Waals surface area (Å²) in [6, 6.07) is 6.97. The highest BCUT2D eigenvalue weighted by molar-refractivity contribution is 5.87. The zero-order chi connectivity index (χ0) is 15.1. The molecule has 0 heterocycles. The molecule has 1 aromatic carbocycles. The van der Waals surface area contributed by atoms with E-state index in [0.717, 1.165) is 25.3 Å². The van der Waals surface area contributed by atoms with E-state index in [1.165, 1.54) is 25.7 Å². The van der Waals surface area contributed by atoms with E-state index in [2.05, 4.69) is 12.2 Å². The van der Waals surface area contributed by atoms with Crippen LogP contribution in [0.25, 0.3) is 0 Å². The summed E-state index contributed by atoms with van der Waals surface area (Å²) in [4.78, 5) is 10.8. The van der Waals surface area contributed by atoms with Crippen molar-refractivity contribution in [3.05, 3.63) is 35.4 Å². The fraction of sp³-hybridized carbons (Fsp3) is 0.588. The minimum Gasteiger partial charge on any atom is -0.478 e. The van der Waals surface area contributed by atoms with Crippen molar-refractivity contribution in [1.29, 1.82) is 0 Å². The largest absolute Gasteiger partial charge is 0.478 e. The SMILES string of the molecule is CC1CCCCC1OCCNCc1ccc(C(=O)O)cc1. The van der Waals surface area contributed by atoms with Crippen LogP contribution in [0.3, 0.4) is 0 Å². The van der Waals surface area contributed by atoms with E-state index >= 15 is 0 Å². The number of carboxylic acid groups (broad SMARTS) is 1. The van der Waals surface area contributed by atoms with Crippen molar-refractivity contribution in [3.63, 3.8) is 0 Å². The molecule has 0 bridgehead atoms. The van der Waals surface area contributed by atoms with Gasteiger partial charge in [-0.3, -0.25) is 0 Å². The van der Waals surface area contributed by atoms with E-state index in [1.54, 1.807) is 12.1 Å². The van der Waals surface area contributed by atoms with Crippen LogP contribution < -0.4 is 5.32 Å². The first-order chi connectivity index (χ1) is 10.2. The molecule has 2 unspecified atom stereocenters. The number of benzene rings is 1. The molecule has 21 heavy (non-hydrogen) atoms. The van der Waals surface area contributed by atoms with E-state index in [1.807, 2.05) is 12.1 Å². The van der Waals surface area contributed by atoms with Crippen molar-refractivity contribution in [3.8, 4) is 0 Å². The topological polar surface area (TPSA) is 58.6 Å². The van der Waals surface area contributed by atoms with Crippen LogP contribution in [0.1, 0.15) is 48.5 Å². The summed E-state index contributed by atoms with van der Waals surface area (Å²) in [5.41, 5.74) is 1.42. The molecule has 0 saturated heterocycles. The Balaban J connectivity index is 1.62. The molecule has 116 valence electrons. The van der Waals surface area contributed by atoms with Gasteiger partial charge in [-0.1, -0.05) is 31.9 Å². The number of hydrogen-bond donors (Lipinski definition) is 2. The maximum Gasteiger partial charge on any atom is 0.335 e. The van der Waals surface area contributed by atoms with Crippen LogP contribution in [-0.4, -0.2) is 30.3 Å².